The maximum absolute atomic E-state index is 12.7. The van der Waals surface area contributed by atoms with Gasteiger partial charge in [0.05, 0.1) is 36.9 Å². The number of rotatable bonds is 8. The van der Waals surface area contributed by atoms with Gasteiger partial charge in [-0.15, -0.1) is 0 Å². The summed E-state index contributed by atoms with van der Waals surface area (Å²) >= 11 is 0. The minimum atomic E-state index is -0.556. The molecule has 7 nitrogen and oxygen atoms in total. The normalized spacial score (nSPS) is 11.4. The number of hydrogen-bond donors (Lipinski definition) is 1. The molecule has 1 N–H and O–H groups in total. The van der Waals surface area contributed by atoms with Crippen molar-refractivity contribution in [2.75, 3.05) is 13.2 Å². The van der Waals surface area contributed by atoms with E-state index in [1.165, 1.54) is 12.1 Å². The van der Waals surface area contributed by atoms with Gasteiger partial charge < -0.3 is 14.8 Å². The van der Waals surface area contributed by atoms with Crippen LogP contribution in [0.3, 0.4) is 0 Å². The van der Waals surface area contributed by atoms with E-state index in [1.54, 1.807) is 20.8 Å². The van der Waals surface area contributed by atoms with Crippen LogP contribution in [0.4, 0.5) is 0 Å². The first kappa shape index (κ1) is 21.1. The Bertz CT molecular complexity index is 836. The number of carbonyl (C=O) groups excluding carboxylic acids is 3. The van der Waals surface area contributed by atoms with E-state index < -0.39 is 23.9 Å². The monoisotopic (exact) mass is 384 g/mol. The molecule has 2 aromatic rings. The molecule has 0 aliphatic heterocycles. The zero-order valence-corrected chi connectivity index (χ0v) is 16.2. The molecule has 148 valence electrons. The van der Waals surface area contributed by atoms with Gasteiger partial charge in [-0.3, -0.25) is 9.59 Å². The molecular weight excluding hydrogens is 360 g/mol. The fourth-order valence-corrected chi connectivity index (χ4v) is 2.67. The van der Waals surface area contributed by atoms with Gasteiger partial charge in [-0.1, -0.05) is 30.3 Å². The summed E-state index contributed by atoms with van der Waals surface area (Å²) in [6, 6.07) is 11.6. The highest BCUT2D eigenvalue weighted by molar-refractivity contribution is 5.95. The van der Waals surface area contributed by atoms with Crippen molar-refractivity contribution in [1.29, 1.82) is 0 Å². The SMILES string of the molecule is CCOC(=O)CC(NC(=O)c1ccc(C(=O)OCC)c(C)n1)c1ccccc1. The van der Waals surface area contributed by atoms with Crippen molar-refractivity contribution in [2.45, 2.75) is 33.2 Å². The smallest absolute Gasteiger partial charge is 0.339 e. The first-order chi connectivity index (χ1) is 13.5. The molecule has 0 aliphatic rings. The van der Waals surface area contributed by atoms with Crippen LogP contribution in [0.1, 0.15) is 58.4 Å². The molecule has 2 rings (SSSR count). The van der Waals surface area contributed by atoms with Crippen molar-refractivity contribution in [2.24, 2.45) is 0 Å². The van der Waals surface area contributed by atoms with Crippen LogP contribution in [0.25, 0.3) is 0 Å². The first-order valence-electron chi connectivity index (χ1n) is 9.12. The molecule has 1 aromatic carbocycles. The van der Waals surface area contributed by atoms with E-state index in [0.29, 0.717) is 11.3 Å². The van der Waals surface area contributed by atoms with Crippen LogP contribution in [0.5, 0.6) is 0 Å². The molecule has 1 heterocycles. The number of aryl methyl sites for hydroxylation is 1. The van der Waals surface area contributed by atoms with Gasteiger partial charge >= 0.3 is 11.9 Å². The predicted molar refractivity (Wildman–Crippen MR) is 103 cm³/mol. The van der Waals surface area contributed by atoms with Crippen LogP contribution in [-0.2, 0) is 14.3 Å². The second kappa shape index (κ2) is 10.2. The largest absolute Gasteiger partial charge is 0.466 e. The maximum atomic E-state index is 12.7. The van der Waals surface area contributed by atoms with E-state index in [-0.39, 0.29) is 25.3 Å². The Morgan fingerprint density at radius 1 is 1.00 bits per heavy atom. The Kier molecular flexibility index (Phi) is 7.68. The molecule has 0 saturated heterocycles. The lowest BCUT2D eigenvalue weighted by Gasteiger charge is -2.18. The molecule has 28 heavy (non-hydrogen) atoms. The van der Waals surface area contributed by atoms with Gasteiger partial charge in [-0.05, 0) is 38.5 Å². The molecule has 1 unspecified atom stereocenters. The Labute approximate surface area is 164 Å². The second-order valence-electron chi connectivity index (χ2n) is 6.00. The van der Waals surface area contributed by atoms with Crippen LogP contribution in [0.2, 0.25) is 0 Å². The standard InChI is InChI=1S/C21H24N2O5/c1-4-27-19(24)13-18(15-9-7-6-8-10-15)23-20(25)17-12-11-16(14(3)22-17)21(26)28-5-2/h6-12,18H,4-5,13H2,1-3H3,(H,23,25). The summed E-state index contributed by atoms with van der Waals surface area (Å²) in [6.07, 6.45) is 0.00346. The molecule has 0 bridgehead atoms. The van der Waals surface area contributed by atoms with Gasteiger partial charge in [0.25, 0.3) is 5.91 Å². The second-order valence-corrected chi connectivity index (χ2v) is 6.00. The number of aromatic nitrogens is 1. The van der Waals surface area contributed by atoms with Gasteiger partial charge in [0.2, 0.25) is 0 Å². The average Bonchev–Trinajstić information content (AvgIpc) is 2.68. The third kappa shape index (κ3) is 5.64. The summed E-state index contributed by atoms with van der Waals surface area (Å²) in [5.74, 6) is -1.33. The highest BCUT2D eigenvalue weighted by Gasteiger charge is 2.21. The van der Waals surface area contributed by atoms with Gasteiger partial charge in [-0.25, -0.2) is 9.78 Å². The van der Waals surface area contributed by atoms with Crippen molar-refractivity contribution < 1.29 is 23.9 Å². The van der Waals surface area contributed by atoms with Crippen LogP contribution in [-0.4, -0.2) is 36.0 Å². The van der Waals surface area contributed by atoms with Crippen LogP contribution >= 0.6 is 0 Å². The molecule has 0 fully saturated rings. The fourth-order valence-electron chi connectivity index (χ4n) is 2.67. The number of pyridine rings is 1. The lowest BCUT2D eigenvalue weighted by molar-refractivity contribution is -0.143. The number of amides is 1. The van der Waals surface area contributed by atoms with Crippen LogP contribution in [0, 0.1) is 6.92 Å². The number of nitrogens with zero attached hydrogens (tertiary/aromatic N) is 1. The van der Waals surface area contributed by atoms with Crippen molar-refractivity contribution in [3.05, 3.63) is 65.0 Å². The zero-order valence-electron chi connectivity index (χ0n) is 16.2. The molecule has 1 aromatic heterocycles. The summed E-state index contributed by atoms with van der Waals surface area (Å²) in [5, 5.41) is 2.82. The lowest BCUT2D eigenvalue weighted by atomic mass is 10.0. The first-order valence-corrected chi connectivity index (χ1v) is 9.12. The Morgan fingerprint density at radius 3 is 2.29 bits per heavy atom. The highest BCUT2D eigenvalue weighted by atomic mass is 16.5. The molecule has 0 spiro atoms. The van der Waals surface area contributed by atoms with E-state index in [2.05, 4.69) is 10.3 Å². The minimum absolute atomic E-state index is 0.00346. The van der Waals surface area contributed by atoms with Gasteiger partial charge in [0.1, 0.15) is 5.69 Å². The highest BCUT2D eigenvalue weighted by Crippen LogP contribution is 2.18. The minimum Gasteiger partial charge on any atom is -0.466 e. The van der Waals surface area contributed by atoms with Crippen molar-refractivity contribution in [3.63, 3.8) is 0 Å². The number of ether oxygens (including phenoxy) is 2. The number of esters is 2. The molecular formula is C21H24N2O5. The molecule has 0 saturated carbocycles. The third-order valence-electron chi connectivity index (χ3n) is 4.00. The van der Waals surface area contributed by atoms with Gasteiger partial charge in [0.15, 0.2) is 0 Å². The van der Waals surface area contributed by atoms with Crippen LogP contribution in [0.15, 0.2) is 42.5 Å². The summed E-state index contributed by atoms with van der Waals surface area (Å²) < 4.78 is 9.98. The summed E-state index contributed by atoms with van der Waals surface area (Å²) in [6.45, 7) is 5.61. The van der Waals surface area contributed by atoms with Crippen molar-refractivity contribution >= 4 is 17.8 Å². The van der Waals surface area contributed by atoms with Crippen molar-refractivity contribution in [3.8, 4) is 0 Å². The molecule has 0 aliphatic carbocycles. The van der Waals surface area contributed by atoms with Gasteiger partial charge in [0, 0.05) is 0 Å². The molecule has 0 radical (unpaired) electrons. The zero-order chi connectivity index (χ0) is 20.5. The molecule has 1 amide bonds. The Balaban J connectivity index is 2.19. The van der Waals surface area contributed by atoms with Crippen molar-refractivity contribution in [1.82, 2.24) is 10.3 Å². The average molecular weight is 384 g/mol. The van der Waals surface area contributed by atoms with Crippen LogP contribution < -0.4 is 5.32 Å². The van der Waals surface area contributed by atoms with E-state index >= 15 is 0 Å². The molecule has 1 atom stereocenters. The van der Waals surface area contributed by atoms with E-state index in [0.717, 1.165) is 5.56 Å². The van der Waals surface area contributed by atoms with Gasteiger partial charge in [-0.2, -0.15) is 0 Å². The Hall–Kier alpha value is -3.22. The summed E-state index contributed by atoms with van der Waals surface area (Å²) in [7, 11) is 0. The Morgan fingerprint density at radius 2 is 1.68 bits per heavy atom. The lowest BCUT2D eigenvalue weighted by Crippen LogP contribution is -2.31. The number of carbonyl (C=O) groups is 3. The summed E-state index contributed by atoms with van der Waals surface area (Å²) in [4.78, 5) is 40.7. The summed E-state index contributed by atoms with van der Waals surface area (Å²) in [5.41, 5.74) is 1.64. The number of nitrogens with one attached hydrogen (secondary N) is 1. The fraction of sp³-hybridized carbons (Fsp3) is 0.333. The van der Waals surface area contributed by atoms with E-state index in [1.807, 2.05) is 30.3 Å². The number of hydrogen-bond acceptors (Lipinski definition) is 6. The van der Waals surface area contributed by atoms with E-state index in [9.17, 15) is 14.4 Å². The van der Waals surface area contributed by atoms with E-state index in [4.69, 9.17) is 9.47 Å². The third-order valence-corrected chi connectivity index (χ3v) is 4.00. The topological polar surface area (TPSA) is 94.6 Å². The quantitative estimate of drug-likeness (QED) is 0.703. The number of benzene rings is 1. The maximum Gasteiger partial charge on any atom is 0.339 e. The predicted octanol–water partition coefficient (Wildman–Crippen LogP) is 2.99. The molecule has 7 heteroatoms.